The zero-order chi connectivity index (χ0) is 13.2. The smallest absolute Gasteiger partial charge is 0.257 e. The van der Waals surface area contributed by atoms with Gasteiger partial charge in [-0.15, -0.1) is 0 Å². The molecule has 1 N–H and O–H groups in total. The second-order valence-electron chi connectivity index (χ2n) is 4.06. The minimum Gasteiger partial charge on any atom is -0.334 e. The largest absolute Gasteiger partial charge is 0.334 e. The molecule has 0 atom stereocenters. The van der Waals surface area contributed by atoms with Crippen molar-refractivity contribution in [1.29, 1.82) is 0 Å². The number of fused-ring (bicyclic) bond motifs is 1. The van der Waals surface area contributed by atoms with Crippen molar-refractivity contribution in [2.24, 2.45) is 0 Å². The van der Waals surface area contributed by atoms with Crippen LogP contribution in [0.2, 0.25) is 0 Å². The Bertz CT molecular complexity index is 703. The van der Waals surface area contributed by atoms with Crippen molar-refractivity contribution in [2.75, 3.05) is 7.05 Å². The highest BCUT2D eigenvalue weighted by Crippen LogP contribution is 2.11. The van der Waals surface area contributed by atoms with Crippen molar-refractivity contribution in [3.8, 4) is 0 Å². The summed E-state index contributed by atoms with van der Waals surface area (Å²) in [6, 6.07) is 0. The summed E-state index contributed by atoms with van der Waals surface area (Å²) in [4.78, 5) is 21.9. The van der Waals surface area contributed by atoms with Crippen LogP contribution >= 0.6 is 0 Å². The van der Waals surface area contributed by atoms with Gasteiger partial charge in [-0.05, 0) is 0 Å². The van der Waals surface area contributed by atoms with E-state index in [2.05, 4.69) is 25.3 Å². The maximum Gasteiger partial charge on any atom is 0.257 e. The molecule has 19 heavy (non-hydrogen) atoms. The number of hydrogen-bond donors (Lipinski definition) is 1. The number of rotatable bonds is 3. The van der Waals surface area contributed by atoms with Gasteiger partial charge in [-0.25, -0.2) is 9.50 Å². The minimum atomic E-state index is -0.139. The van der Waals surface area contributed by atoms with E-state index in [1.807, 2.05) is 0 Å². The summed E-state index contributed by atoms with van der Waals surface area (Å²) >= 11 is 0. The van der Waals surface area contributed by atoms with E-state index < -0.39 is 0 Å². The Labute approximate surface area is 108 Å². The first-order valence-corrected chi connectivity index (χ1v) is 5.63. The molecule has 1 amide bonds. The van der Waals surface area contributed by atoms with Crippen LogP contribution < -0.4 is 0 Å². The Kier molecular flexibility index (Phi) is 2.67. The molecule has 0 aromatic carbocycles. The van der Waals surface area contributed by atoms with Gasteiger partial charge < -0.3 is 4.90 Å². The third-order valence-electron chi connectivity index (χ3n) is 2.75. The van der Waals surface area contributed by atoms with Crippen molar-refractivity contribution >= 4 is 11.4 Å². The van der Waals surface area contributed by atoms with Crippen LogP contribution in [0.25, 0.3) is 5.52 Å². The monoisotopic (exact) mass is 257 g/mol. The number of H-pyrrole nitrogens is 1. The van der Waals surface area contributed by atoms with E-state index in [1.165, 1.54) is 12.5 Å². The maximum atomic E-state index is 12.3. The molecule has 0 saturated carbocycles. The highest BCUT2D eigenvalue weighted by Gasteiger charge is 2.17. The van der Waals surface area contributed by atoms with E-state index in [-0.39, 0.29) is 5.91 Å². The van der Waals surface area contributed by atoms with Gasteiger partial charge in [0.15, 0.2) is 0 Å². The standard InChI is InChI=1S/C11H11N7O/c1-17(6-10-13-7-14-16-10)11(19)8-4-15-18-3-2-12-5-9(8)18/h2-5,7H,6H2,1H3,(H,13,14,16). The van der Waals surface area contributed by atoms with Crippen LogP contribution in [0.4, 0.5) is 0 Å². The van der Waals surface area contributed by atoms with E-state index in [0.717, 1.165) is 0 Å². The zero-order valence-electron chi connectivity index (χ0n) is 10.2. The Hall–Kier alpha value is -2.77. The van der Waals surface area contributed by atoms with Crippen LogP contribution in [0.15, 0.2) is 31.1 Å². The molecule has 3 aromatic heterocycles. The molecule has 0 radical (unpaired) electrons. The normalized spacial score (nSPS) is 10.8. The van der Waals surface area contributed by atoms with Crippen molar-refractivity contribution in [3.05, 3.63) is 42.5 Å². The average Bonchev–Trinajstić information content (AvgIpc) is 3.06. The van der Waals surface area contributed by atoms with Gasteiger partial charge >= 0.3 is 0 Å². The lowest BCUT2D eigenvalue weighted by molar-refractivity contribution is 0.0783. The fourth-order valence-electron chi connectivity index (χ4n) is 1.81. The number of carbonyl (C=O) groups is 1. The summed E-state index contributed by atoms with van der Waals surface area (Å²) in [6.45, 7) is 0.358. The molecule has 3 aromatic rings. The first kappa shape index (κ1) is 11.3. The van der Waals surface area contributed by atoms with Gasteiger partial charge in [-0.3, -0.25) is 14.9 Å². The number of nitrogens with zero attached hydrogens (tertiary/aromatic N) is 6. The number of carbonyl (C=O) groups excluding carboxylic acids is 1. The SMILES string of the molecule is CN(Cc1ncn[nH]1)C(=O)c1cnn2ccncc12. The quantitative estimate of drug-likeness (QED) is 0.719. The van der Waals surface area contributed by atoms with Gasteiger partial charge in [0.25, 0.3) is 5.91 Å². The van der Waals surface area contributed by atoms with Crippen LogP contribution in [0.5, 0.6) is 0 Å². The molecule has 8 nitrogen and oxygen atoms in total. The number of aromatic nitrogens is 6. The van der Waals surface area contributed by atoms with E-state index in [4.69, 9.17) is 0 Å². The topological polar surface area (TPSA) is 92.1 Å². The Morgan fingerprint density at radius 3 is 3.16 bits per heavy atom. The molecule has 96 valence electrons. The van der Waals surface area contributed by atoms with Crippen LogP contribution in [-0.2, 0) is 6.54 Å². The van der Waals surface area contributed by atoms with Crippen LogP contribution in [-0.4, -0.2) is 47.6 Å². The van der Waals surface area contributed by atoms with E-state index >= 15 is 0 Å². The molecule has 3 heterocycles. The summed E-state index contributed by atoms with van der Waals surface area (Å²) < 4.78 is 1.61. The van der Waals surface area contributed by atoms with Crippen LogP contribution in [0, 0.1) is 0 Å². The first-order valence-electron chi connectivity index (χ1n) is 5.63. The molecule has 0 bridgehead atoms. The van der Waals surface area contributed by atoms with Crippen molar-refractivity contribution in [2.45, 2.75) is 6.54 Å². The second kappa shape index (κ2) is 4.48. The van der Waals surface area contributed by atoms with Crippen molar-refractivity contribution in [3.63, 3.8) is 0 Å². The van der Waals surface area contributed by atoms with Gasteiger partial charge in [0, 0.05) is 19.4 Å². The van der Waals surface area contributed by atoms with E-state index in [0.29, 0.717) is 23.4 Å². The number of nitrogens with one attached hydrogen (secondary N) is 1. The summed E-state index contributed by atoms with van der Waals surface area (Å²) in [6.07, 6.45) is 7.88. The molecule has 0 unspecified atom stereocenters. The van der Waals surface area contributed by atoms with E-state index in [1.54, 1.807) is 35.1 Å². The number of hydrogen-bond acceptors (Lipinski definition) is 5. The van der Waals surface area contributed by atoms with Gasteiger partial charge in [0.1, 0.15) is 12.2 Å². The zero-order valence-corrected chi connectivity index (χ0v) is 10.2. The highest BCUT2D eigenvalue weighted by atomic mass is 16.2. The fraction of sp³-hybridized carbons (Fsp3) is 0.182. The Morgan fingerprint density at radius 1 is 1.47 bits per heavy atom. The van der Waals surface area contributed by atoms with Gasteiger partial charge in [-0.1, -0.05) is 0 Å². The summed E-state index contributed by atoms with van der Waals surface area (Å²) in [5, 5.41) is 10.6. The van der Waals surface area contributed by atoms with Gasteiger partial charge in [-0.2, -0.15) is 10.2 Å². The molecular formula is C11H11N7O. The summed E-state index contributed by atoms with van der Waals surface area (Å²) in [5.74, 6) is 0.491. The summed E-state index contributed by atoms with van der Waals surface area (Å²) in [5.41, 5.74) is 1.19. The third kappa shape index (κ3) is 2.03. The average molecular weight is 257 g/mol. The molecule has 8 heteroatoms. The molecule has 0 saturated heterocycles. The second-order valence-corrected chi connectivity index (χ2v) is 4.06. The third-order valence-corrected chi connectivity index (χ3v) is 2.75. The lowest BCUT2D eigenvalue weighted by atomic mass is 10.2. The van der Waals surface area contributed by atoms with Crippen LogP contribution in [0.3, 0.4) is 0 Å². The maximum absolute atomic E-state index is 12.3. The Balaban J connectivity index is 1.87. The fourth-order valence-corrected chi connectivity index (χ4v) is 1.81. The van der Waals surface area contributed by atoms with Gasteiger partial charge in [0.05, 0.1) is 30.0 Å². The van der Waals surface area contributed by atoms with Crippen LogP contribution in [0.1, 0.15) is 16.2 Å². The van der Waals surface area contributed by atoms with Gasteiger partial charge in [0.2, 0.25) is 0 Å². The molecule has 0 aliphatic carbocycles. The molecule has 0 aliphatic rings. The molecule has 0 spiro atoms. The lowest BCUT2D eigenvalue weighted by Gasteiger charge is -2.14. The molecule has 0 fully saturated rings. The minimum absolute atomic E-state index is 0.139. The lowest BCUT2D eigenvalue weighted by Crippen LogP contribution is -2.26. The molecular weight excluding hydrogens is 246 g/mol. The van der Waals surface area contributed by atoms with Crippen molar-refractivity contribution < 1.29 is 4.79 Å². The summed E-state index contributed by atoms with van der Waals surface area (Å²) in [7, 11) is 1.70. The van der Waals surface area contributed by atoms with Crippen molar-refractivity contribution in [1.82, 2.24) is 34.7 Å². The number of amides is 1. The molecule has 3 rings (SSSR count). The van der Waals surface area contributed by atoms with E-state index in [9.17, 15) is 4.79 Å². The highest BCUT2D eigenvalue weighted by molar-refractivity contribution is 6.00. The predicted molar refractivity (Wildman–Crippen MR) is 65.2 cm³/mol. The first-order chi connectivity index (χ1) is 9.25. The Morgan fingerprint density at radius 2 is 2.37 bits per heavy atom. The molecule has 0 aliphatic heterocycles. The number of aromatic amines is 1. The predicted octanol–water partition coefficient (Wildman–Crippen LogP) is 0.120.